The molecule has 1 rings (SSSR count). The summed E-state index contributed by atoms with van der Waals surface area (Å²) < 4.78 is 0. The van der Waals surface area contributed by atoms with Crippen LogP contribution in [0.25, 0.3) is 0 Å². The van der Waals surface area contributed by atoms with E-state index >= 15 is 0 Å². The standard InChI is InChI=1S/C13H25N3O2/c1-5-13(7-8-14-10-13)12(18)16(6-2)9-11(17)15(3)4/h14H,5-10H2,1-4H3. The second-order valence-corrected chi connectivity index (χ2v) is 5.17. The van der Waals surface area contributed by atoms with Crippen LogP contribution in [0.3, 0.4) is 0 Å². The van der Waals surface area contributed by atoms with Crippen LogP contribution in [0, 0.1) is 5.41 Å². The Hall–Kier alpha value is -1.10. The first-order valence-electron chi connectivity index (χ1n) is 6.67. The van der Waals surface area contributed by atoms with E-state index in [2.05, 4.69) is 5.32 Å². The number of nitrogens with one attached hydrogen (secondary N) is 1. The lowest BCUT2D eigenvalue weighted by Gasteiger charge is -2.32. The molecule has 1 unspecified atom stereocenters. The van der Waals surface area contributed by atoms with E-state index in [9.17, 15) is 9.59 Å². The van der Waals surface area contributed by atoms with Crippen molar-refractivity contribution in [3.05, 3.63) is 0 Å². The zero-order chi connectivity index (χ0) is 13.8. The van der Waals surface area contributed by atoms with Crippen molar-refractivity contribution in [2.24, 2.45) is 5.41 Å². The van der Waals surface area contributed by atoms with Gasteiger partial charge in [-0.05, 0) is 26.3 Å². The predicted molar refractivity (Wildman–Crippen MR) is 71.2 cm³/mol. The number of rotatable bonds is 5. The summed E-state index contributed by atoms with van der Waals surface area (Å²) in [5.74, 6) is 0.0927. The van der Waals surface area contributed by atoms with Crippen molar-refractivity contribution in [1.82, 2.24) is 15.1 Å². The number of amides is 2. The Kier molecular flexibility index (Phi) is 5.14. The lowest BCUT2D eigenvalue weighted by molar-refractivity contribution is -0.146. The topological polar surface area (TPSA) is 52.7 Å². The van der Waals surface area contributed by atoms with Gasteiger partial charge in [-0.2, -0.15) is 0 Å². The molecule has 1 atom stereocenters. The van der Waals surface area contributed by atoms with Crippen LogP contribution < -0.4 is 5.32 Å². The molecule has 18 heavy (non-hydrogen) atoms. The minimum Gasteiger partial charge on any atom is -0.347 e. The molecule has 1 aliphatic heterocycles. The van der Waals surface area contributed by atoms with E-state index in [4.69, 9.17) is 0 Å². The lowest BCUT2D eigenvalue weighted by atomic mass is 9.82. The SMILES string of the molecule is CCN(CC(=O)N(C)C)C(=O)C1(CC)CCNC1. The van der Waals surface area contributed by atoms with E-state index < -0.39 is 0 Å². The maximum Gasteiger partial charge on any atom is 0.241 e. The third-order valence-corrected chi connectivity index (χ3v) is 3.87. The molecule has 1 N–H and O–H groups in total. The summed E-state index contributed by atoms with van der Waals surface area (Å²) in [6.45, 7) is 6.36. The van der Waals surface area contributed by atoms with E-state index in [0.29, 0.717) is 6.54 Å². The molecule has 0 aromatic carbocycles. The quantitative estimate of drug-likeness (QED) is 0.769. The highest BCUT2D eigenvalue weighted by Gasteiger charge is 2.42. The Balaban J connectivity index is 2.75. The monoisotopic (exact) mass is 255 g/mol. The highest BCUT2D eigenvalue weighted by molar-refractivity contribution is 5.88. The van der Waals surface area contributed by atoms with Crippen LogP contribution >= 0.6 is 0 Å². The van der Waals surface area contributed by atoms with E-state index in [1.54, 1.807) is 19.0 Å². The maximum atomic E-state index is 12.6. The van der Waals surface area contributed by atoms with Crippen molar-refractivity contribution in [2.75, 3.05) is 40.3 Å². The van der Waals surface area contributed by atoms with Crippen LogP contribution in [-0.2, 0) is 9.59 Å². The number of carbonyl (C=O) groups excluding carboxylic acids is 2. The molecular formula is C13H25N3O2. The first-order chi connectivity index (χ1) is 8.46. The van der Waals surface area contributed by atoms with Crippen molar-refractivity contribution in [1.29, 1.82) is 0 Å². The molecular weight excluding hydrogens is 230 g/mol. The van der Waals surface area contributed by atoms with E-state index in [-0.39, 0.29) is 23.8 Å². The Morgan fingerprint density at radius 2 is 1.94 bits per heavy atom. The summed E-state index contributed by atoms with van der Waals surface area (Å²) in [6, 6.07) is 0. The molecule has 0 saturated carbocycles. The number of carbonyl (C=O) groups is 2. The summed E-state index contributed by atoms with van der Waals surface area (Å²) in [6.07, 6.45) is 1.69. The molecule has 2 amide bonds. The first-order valence-corrected chi connectivity index (χ1v) is 6.67. The predicted octanol–water partition coefficient (Wildman–Crippen LogP) is 0.313. The molecule has 1 aliphatic rings. The second kappa shape index (κ2) is 6.18. The van der Waals surface area contributed by atoms with Gasteiger partial charge in [0.25, 0.3) is 0 Å². The van der Waals surface area contributed by atoms with Crippen molar-refractivity contribution >= 4 is 11.8 Å². The average molecular weight is 255 g/mol. The minimum atomic E-state index is -0.303. The fourth-order valence-corrected chi connectivity index (χ4v) is 2.35. The molecule has 0 radical (unpaired) electrons. The van der Waals surface area contributed by atoms with Gasteiger partial charge in [0, 0.05) is 27.2 Å². The summed E-state index contributed by atoms with van der Waals surface area (Å²) >= 11 is 0. The molecule has 1 fully saturated rings. The third-order valence-electron chi connectivity index (χ3n) is 3.87. The molecule has 5 nitrogen and oxygen atoms in total. The largest absolute Gasteiger partial charge is 0.347 e. The minimum absolute atomic E-state index is 0.0255. The van der Waals surface area contributed by atoms with E-state index in [0.717, 1.165) is 25.9 Å². The summed E-state index contributed by atoms with van der Waals surface area (Å²) in [7, 11) is 3.43. The molecule has 1 heterocycles. The van der Waals surface area contributed by atoms with Gasteiger partial charge in [0.1, 0.15) is 0 Å². The van der Waals surface area contributed by atoms with Crippen molar-refractivity contribution in [2.45, 2.75) is 26.7 Å². The van der Waals surface area contributed by atoms with Crippen molar-refractivity contribution in [3.8, 4) is 0 Å². The fraction of sp³-hybridized carbons (Fsp3) is 0.846. The van der Waals surface area contributed by atoms with Crippen LogP contribution in [0.15, 0.2) is 0 Å². The van der Waals surface area contributed by atoms with E-state index in [1.165, 1.54) is 4.90 Å². The normalized spacial score (nSPS) is 22.9. The van der Waals surface area contributed by atoms with Gasteiger partial charge >= 0.3 is 0 Å². The van der Waals surface area contributed by atoms with Gasteiger partial charge in [-0.3, -0.25) is 9.59 Å². The van der Waals surface area contributed by atoms with Crippen LogP contribution in [-0.4, -0.2) is 61.9 Å². The Labute approximate surface area is 110 Å². The number of likely N-dealkylation sites (N-methyl/N-ethyl adjacent to an activating group) is 2. The molecule has 104 valence electrons. The van der Waals surface area contributed by atoms with Gasteiger partial charge in [0.2, 0.25) is 11.8 Å². The van der Waals surface area contributed by atoms with Crippen molar-refractivity contribution in [3.63, 3.8) is 0 Å². The molecule has 0 aromatic heterocycles. The van der Waals surface area contributed by atoms with Gasteiger partial charge in [-0.1, -0.05) is 6.92 Å². The maximum absolute atomic E-state index is 12.6. The molecule has 1 saturated heterocycles. The Morgan fingerprint density at radius 3 is 2.33 bits per heavy atom. The van der Waals surface area contributed by atoms with Gasteiger partial charge in [0.05, 0.1) is 12.0 Å². The Bertz CT molecular complexity index is 309. The summed E-state index contributed by atoms with van der Waals surface area (Å²) in [4.78, 5) is 27.6. The zero-order valence-electron chi connectivity index (χ0n) is 12.0. The highest BCUT2D eigenvalue weighted by atomic mass is 16.2. The Morgan fingerprint density at radius 1 is 1.28 bits per heavy atom. The summed E-state index contributed by atoms with van der Waals surface area (Å²) in [5, 5.41) is 3.26. The summed E-state index contributed by atoms with van der Waals surface area (Å²) in [5.41, 5.74) is -0.303. The van der Waals surface area contributed by atoms with E-state index in [1.807, 2.05) is 13.8 Å². The molecule has 0 bridgehead atoms. The van der Waals surface area contributed by atoms with Crippen LogP contribution in [0.5, 0.6) is 0 Å². The van der Waals surface area contributed by atoms with Gasteiger partial charge in [-0.25, -0.2) is 0 Å². The van der Waals surface area contributed by atoms with Gasteiger partial charge in [0.15, 0.2) is 0 Å². The van der Waals surface area contributed by atoms with Crippen LogP contribution in [0.1, 0.15) is 26.7 Å². The average Bonchev–Trinajstić information content (AvgIpc) is 2.84. The highest BCUT2D eigenvalue weighted by Crippen LogP contribution is 2.31. The lowest BCUT2D eigenvalue weighted by Crippen LogP contribution is -2.48. The number of nitrogens with zero attached hydrogens (tertiary/aromatic N) is 2. The van der Waals surface area contributed by atoms with Crippen LogP contribution in [0.4, 0.5) is 0 Å². The molecule has 0 aliphatic carbocycles. The number of hydrogen-bond donors (Lipinski definition) is 1. The number of hydrogen-bond acceptors (Lipinski definition) is 3. The second-order valence-electron chi connectivity index (χ2n) is 5.17. The third kappa shape index (κ3) is 3.02. The van der Waals surface area contributed by atoms with Crippen molar-refractivity contribution < 1.29 is 9.59 Å². The first kappa shape index (κ1) is 15.0. The van der Waals surface area contributed by atoms with Crippen LogP contribution in [0.2, 0.25) is 0 Å². The molecule has 0 aromatic rings. The van der Waals surface area contributed by atoms with Gasteiger partial charge < -0.3 is 15.1 Å². The molecule has 0 spiro atoms. The molecule has 5 heteroatoms. The zero-order valence-corrected chi connectivity index (χ0v) is 12.0. The fourth-order valence-electron chi connectivity index (χ4n) is 2.35. The van der Waals surface area contributed by atoms with Gasteiger partial charge in [-0.15, -0.1) is 0 Å². The smallest absolute Gasteiger partial charge is 0.241 e.